The van der Waals surface area contributed by atoms with Crippen LogP contribution in [0.1, 0.15) is 42.7 Å². The molecule has 0 unspecified atom stereocenters. The third kappa shape index (κ3) is 2.35. The number of ketones is 1. The lowest BCUT2D eigenvalue weighted by Gasteiger charge is -2.42. The lowest BCUT2D eigenvalue weighted by Crippen LogP contribution is -2.42. The van der Waals surface area contributed by atoms with Gasteiger partial charge in [-0.15, -0.1) is 0 Å². The monoisotopic (exact) mass is 310 g/mol. The Kier molecular flexibility index (Phi) is 3.25. The molecule has 4 rings (SSSR count). The van der Waals surface area contributed by atoms with Gasteiger partial charge < -0.3 is 14.6 Å². The molecule has 2 aromatic rings. The molecular weight excluding hydrogens is 292 g/mol. The van der Waals surface area contributed by atoms with Crippen molar-refractivity contribution in [3.8, 4) is 5.75 Å². The van der Waals surface area contributed by atoms with Crippen LogP contribution in [0.4, 0.5) is 0 Å². The predicted octanol–water partition coefficient (Wildman–Crippen LogP) is 3.43. The molecule has 0 bridgehead atoms. The van der Waals surface area contributed by atoms with Gasteiger partial charge in [0.2, 0.25) is 0 Å². The highest BCUT2D eigenvalue weighted by Crippen LogP contribution is 2.47. The number of hydrogen-bond acceptors (Lipinski definition) is 4. The molecule has 1 saturated carbocycles. The standard InChI is InChI=1S/C19H18O4/c1-12-22-18(23-12)13-2-4-14(5-3-13)19(10-17(21)11-19)15-6-8-16(20)9-7-15/h2-9,12,18,20H,10-11H2,1H3. The van der Waals surface area contributed by atoms with Gasteiger partial charge >= 0.3 is 0 Å². The molecule has 0 radical (unpaired) electrons. The number of benzene rings is 2. The van der Waals surface area contributed by atoms with Crippen LogP contribution in [-0.2, 0) is 19.7 Å². The smallest absolute Gasteiger partial charge is 0.189 e. The third-order valence-electron chi connectivity index (χ3n) is 4.78. The second-order valence-electron chi connectivity index (χ2n) is 6.31. The molecule has 2 aliphatic rings. The number of phenols is 1. The highest BCUT2D eigenvalue weighted by atomic mass is 16.9. The van der Waals surface area contributed by atoms with Gasteiger partial charge in [0.05, 0.1) is 0 Å². The first-order valence-electron chi connectivity index (χ1n) is 7.79. The Morgan fingerprint density at radius 1 is 0.957 bits per heavy atom. The van der Waals surface area contributed by atoms with Crippen LogP contribution in [0.25, 0.3) is 0 Å². The normalized spacial score (nSPS) is 25.5. The number of phenolic OH excluding ortho intramolecular Hbond substituents is 1. The molecule has 23 heavy (non-hydrogen) atoms. The van der Waals surface area contributed by atoms with Gasteiger partial charge in [0.15, 0.2) is 12.6 Å². The van der Waals surface area contributed by atoms with Gasteiger partial charge in [-0.25, -0.2) is 0 Å². The zero-order valence-electron chi connectivity index (χ0n) is 12.9. The van der Waals surface area contributed by atoms with Crippen molar-refractivity contribution in [3.63, 3.8) is 0 Å². The molecule has 1 N–H and O–H groups in total. The molecule has 4 heteroatoms. The summed E-state index contributed by atoms with van der Waals surface area (Å²) in [5, 5.41) is 9.49. The number of Topliss-reactive ketones (excluding diaryl/α,β-unsaturated/α-hetero) is 1. The minimum Gasteiger partial charge on any atom is -0.508 e. The van der Waals surface area contributed by atoms with Gasteiger partial charge in [0.1, 0.15) is 11.5 Å². The van der Waals surface area contributed by atoms with E-state index in [4.69, 9.17) is 9.47 Å². The maximum Gasteiger partial charge on any atom is 0.189 e. The van der Waals surface area contributed by atoms with Crippen molar-refractivity contribution in [2.45, 2.75) is 37.8 Å². The second-order valence-corrected chi connectivity index (χ2v) is 6.31. The molecule has 1 aliphatic carbocycles. The maximum atomic E-state index is 11.7. The van der Waals surface area contributed by atoms with Crippen molar-refractivity contribution in [2.75, 3.05) is 0 Å². The zero-order chi connectivity index (χ0) is 16.0. The average Bonchev–Trinajstić information content (AvgIpc) is 2.50. The molecule has 2 aromatic carbocycles. The van der Waals surface area contributed by atoms with Crippen LogP contribution in [0.15, 0.2) is 48.5 Å². The molecule has 0 atom stereocenters. The molecule has 1 saturated heterocycles. The molecular formula is C19H18O4. The molecule has 118 valence electrons. The number of carbonyl (C=O) groups is 1. The number of ether oxygens (including phenoxy) is 2. The first kappa shape index (κ1) is 14.4. The van der Waals surface area contributed by atoms with E-state index in [1.54, 1.807) is 12.1 Å². The van der Waals surface area contributed by atoms with Crippen LogP contribution in [0.2, 0.25) is 0 Å². The molecule has 0 aromatic heterocycles. The number of hydrogen-bond donors (Lipinski definition) is 1. The molecule has 0 amide bonds. The Balaban J connectivity index is 1.65. The van der Waals surface area contributed by atoms with Gasteiger partial charge in [0.25, 0.3) is 0 Å². The van der Waals surface area contributed by atoms with Crippen LogP contribution in [0, 0.1) is 0 Å². The summed E-state index contributed by atoms with van der Waals surface area (Å²) in [7, 11) is 0. The van der Waals surface area contributed by atoms with E-state index in [0.29, 0.717) is 12.8 Å². The molecule has 1 heterocycles. The summed E-state index contributed by atoms with van der Waals surface area (Å²) < 4.78 is 11.0. The van der Waals surface area contributed by atoms with Gasteiger partial charge in [-0.1, -0.05) is 36.4 Å². The molecule has 1 aliphatic heterocycles. The maximum absolute atomic E-state index is 11.7. The molecule has 0 spiro atoms. The van der Waals surface area contributed by atoms with E-state index in [1.165, 1.54) is 0 Å². The number of aromatic hydroxyl groups is 1. The number of rotatable bonds is 3. The highest BCUT2D eigenvalue weighted by Gasteiger charge is 2.46. The lowest BCUT2D eigenvalue weighted by atomic mass is 9.60. The fourth-order valence-corrected chi connectivity index (χ4v) is 3.45. The van der Waals surface area contributed by atoms with Crippen molar-refractivity contribution in [2.24, 2.45) is 0 Å². The van der Waals surface area contributed by atoms with E-state index in [-0.39, 0.29) is 29.5 Å². The quantitative estimate of drug-likeness (QED) is 0.943. The first-order chi connectivity index (χ1) is 11.1. The minimum absolute atomic E-state index is 0.146. The average molecular weight is 310 g/mol. The van der Waals surface area contributed by atoms with Gasteiger partial charge in [-0.05, 0) is 30.2 Å². The van der Waals surface area contributed by atoms with Crippen molar-refractivity contribution >= 4 is 5.78 Å². The van der Waals surface area contributed by atoms with Gasteiger partial charge in [-0.3, -0.25) is 4.79 Å². The van der Waals surface area contributed by atoms with Crippen molar-refractivity contribution in [1.29, 1.82) is 0 Å². The highest BCUT2D eigenvalue weighted by molar-refractivity contribution is 5.90. The Bertz CT molecular complexity index is 719. The SMILES string of the molecule is CC1OC(c2ccc(C3(c4ccc(O)cc4)CC(=O)C3)cc2)O1. The fraction of sp³-hybridized carbons (Fsp3) is 0.316. The Morgan fingerprint density at radius 2 is 1.48 bits per heavy atom. The topological polar surface area (TPSA) is 55.8 Å². The van der Waals surface area contributed by atoms with Crippen molar-refractivity contribution in [1.82, 2.24) is 0 Å². The second kappa shape index (κ2) is 5.18. The summed E-state index contributed by atoms with van der Waals surface area (Å²) >= 11 is 0. The predicted molar refractivity (Wildman–Crippen MR) is 83.9 cm³/mol. The summed E-state index contributed by atoms with van der Waals surface area (Å²) in [6.45, 7) is 1.87. The third-order valence-corrected chi connectivity index (χ3v) is 4.78. The molecule has 2 fully saturated rings. The summed E-state index contributed by atoms with van der Waals surface area (Å²) in [6.07, 6.45) is 0.578. The Hall–Kier alpha value is -2.17. The van der Waals surface area contributed by atoms with Crippen molar-refractivity contribution < 1.29 is 19.4 Å². The van der Waals surface area contributed by atoms with Crippen LogP contribution in [0.3, 0.4) is 0 Å². The van der Waals surface area contributed by atoms with Gasteiger partial charge in [-0.2, -0.15) is 0 Å². The van der Waals surface area contributed by atoms with E-state index < -0.39 is 0 Å². The van der Waals surface area contributed by atoms with E-state index >= 15 is 0 Å². The largest absolute Gasteiger partial charge is 0.508 e. The lowest BCUT2D eigenvalue weighted by molar-refractivity contribution is -0.382. The zero-order valence-corrected chi connectivity index (χ0v) is 12.9. The van der Waals surface area contributed by atoms with Gasteiger partial charge in [0, 0.05) is 23.8 Å². The van der Waals surface area contributed by atoms with Crippen molar-refractivity contribution in [3.05, 3.63) is 65.2 Å². The summed E-state index contributed by atoms with van der Waals surface area (Å²) in [4.78, 5) is 11.7. The van der Waals surface area contributed by atoms with E-state index in [9.17, 15) is 9.90 Å². The summed E-state index contributed by atoms with van der Waals surface area (Å²) in [6, 6.07) is 15.2. The van der Waals surface area contributed by atoms with E-state index in [0.717, 1.165) is 16.7 Å². The van der Waals surface area contributed by atoms with Crippen LogP contribution in [-0.4, -0.2) is 17.2 Å². The fourth-order valence-electron chi connectivity index (χ4n) is 3.45. The summed E-state index contributed by atoms with van der Waals surface area (Å²) in [5.41, 5.74) is 2.88. The Labute approximate surface area is 134 Å². The van der Waals surface area contributed by atoms with Crippen LogP contribution < -0.4 is 0 Å². The van der Waals surface area contributed by atoms with E-state index in [1.807, 2.05) is 43.3 Å². The van der Waals surface area contributed by atoms with Crippen LogP contribution in [0.5, 0.6) is 5.75 Å². The molecule has 4 nitrogen and oxygen atoms in total. The summed E-state index contributed by atoms with van der Waals surface area (Å²) in [5.74, 6) is 0.500. The number of carbonyl (C=O) groups excluding carboxylic acids is 1. The van der Waals surface area contributed by atoms with E-state index in [2.05, 4.69) is 0 Å². The first-order valence-corrected chi connectivity index (χ1v) is 7.79. The van der Waals surface area contributed by atoms with Crippen LogP contribution >= 0.6 is 0 Å². The minimum atomic E-state index is -0.285. The Morgan fingerprint density at radius 3 is 1.96 bits per heavy atom.